The molecule has 0 radical (unpaired) electrons. The summed E-state index contributed by atoms with van der Waals surface area (Å²) in [6, 6.07) is 2.20. The van der Waals surface area contributed by atoms with Crippen LogP contribution in [0.15, 0.2) is 24.7 Å². The van der Waals surface area contributed by atoms with Crippen molar-refractivity contribution in [1.82, 2.24) is 15.0 Å². The van der Waals surface area contributed by atoms with E-state index in [-0.39, 0.29) is 28.7 Å². The molecule has 6 nitrogen and oxygen atoms in total. The SMILES string of the molecule is CC(C)Nc1nccc(N)c1C(=N)c1cc(C(F)(F)F)ncn1. The molecule has 2 aromatic heterocycles. The van der Waals surface area contributed by atoms with Gasteiger partial charge in [0.15, 0.2) is 0 Å². The van der Waals surface area contributed by atoms with Crippen molar-refractivity contribution in [3.05, 3.63) is 41.6 Å². The highest BCUT2D eigenvalue weighted by molar-refractivity contribution is 6.15. The second-order valence-corrected chi connectivity index (χ2v) is 5.08. The van der Waals surface area contributed by atoms with Crippen molar-refractivity contribution in [2.45, 2.75) is 26.1 Å². The van der Waals surface area contributed by atoms with E-state index >= 15 is 0 Å². The maximum atomic E-state index is 12.8. The number of rotatable bonds is 4. The topological polar surface area (TPSA) is 101 Å². The number of nitrogens with zero attached hydrogens (tertiary/aromatic N) is 3. The number of anilines is 2. The second-order valence-electron chi connectivity index (χ2n) is 5.08. The number of hydrogen-bond acceptors (Lipinski definition) is 6. The summed E-state index contributed by atoms with van der Waals surface area (Å²) in [5, 5.41) is 11.2. The summed E-state index contributed by atoms with van der Waals surface area (Å²) in [4.78, 5) is 11.0. The predicted octanol–water partition coefficient (Wildman–Crippen LogP) is 2.71. The molecule has 0 saturated carbocycles. The monoisotopic (exact) mass is 324 g/mol. The number of alkyl halides is 3. The molecule has 0 atom stereocenters. The number of pyridine rings is 1. The fourth-order valence-corrected chi connectivity index (χ4v) is 1.90. The summed E-state index contributed by atoms with van der Waals surface area (Å²) >= 11 is 0. The molecule has 0 aromatic carbocycles. The van der Waals surface area contributed by atoms with Crippen LogP contribution in [0.5, 0.6) is 0 Å². The van der Waals surface area contributed by atoms with Crippen molar-refractivity contribution in [1.29, 1.82) is 5.41 Å². The Morgan fingerprint density at radius 3 is 2.57 bits per heavy atom. The Balaban J connectivity index is 2.49. The summed E-state index contributed by atoms with van der Waals surface area (Å²) in [5.74, 6) is 0.317. The lowest BCUT2D eigenvalue weighted by atomic mass is 10.1. The summed E-state index contributed by atoms with van der Waals surface area (Å²) in [5.41, 5.74) is 4.74. The van der Waals surface area contributed by atoms with Gasteiger partial charge in [-0.05, 0) is 26.0 Å². The van der Waals surface area contributed by atoms with E-state index in [4.69, 9.17) is 11.1 Å². The van der Waals surface area contributed by atoms with E-state index in [0.717, 1.165) is 6.33 Å². The van der Waals surface area contributed by atoms with Gasteiger partial charge in [-0.2, -0.15) is 13.2 Å². The number of nitrogens with one attached hydrogen (secondary N) is 2. The van der Waals surface area contributed by atoms with Crippen LogP contribution < -0.4 is 11.1 Å². The summed E-state index contributed by atoms with van der Waals surface area (Å²) in [6.45, 7) is 3.73. The van der Waals surface area contributed by atoms with E-state index in [9.17, 15) is 13.2 Å². The van der Waals surface area contributed by atoms with Crippen LogP contribution in [0, 0.1) is 5.41 Å². The number of halogens is 3. The van der Waals surface area contributed by atoms with Crippen molar-refractivity contribution >= 4 is 17.2 Å². The van der Waals surface area contributed by atoms with E-state index in [2.05, 4.69) is 20.3 Å². The summed E-state index contributed by atoms with van der Waals surface area (Å²) in [6.07, 6.45) is -2.38. The van der Waals surface area contributed by atoms with Crippen LogP contribution >= 0.6 is 0 Å². The third-order valence-electron chi connectivity index (χ3n) is 2.87. The molecule has 0 bridgehead atoms. The van der Waals surface area contributed by atoms with E-state index in [1.807, 2.05) is 13.8 Å². The lowest BCUT2D eigenvalue weighted by Crippen LogP contribution is -2.18. The van der Waals surface area contributed by atoms with Crippen LogP contribution in [0.2, 0.25) is 0 Å². The Morgan fingerprint density at radius 1 is 1.26 bits per heavy atom. The lowest BCUT2D eigenvalue weighted by molar-refractivity contribution is -0.141. The molecule has 0 spiro atoms. The van der Waals surface area contributed by atoms with Gasteiger partial charge in [0.05, 0.1) is 17.0 Å². The van der Waals surface area contributed by atoms with E-state index in [1.54, 1.807) is 0 Å². The zero-order valence-corrected chi connectivity index (χ0v) is 12.4. The van der Waals surface area contributed by atoms with Crippen LogP contribution in [-0.4, -0.2) is 26.7 Å². The molecule has 0 fully saturated rings. The molecule has 0 unspecified atom stereocenters. The van der Waals surface area contributed by atoms with Crippen molar-refractivity contribution in [3.63, 3.8) is 0 Å². The second kappa shape index (κ2) is 6.19. The van der Waals surface area contributed by atoms with E-state index in [0.29, 0.717) is 11.9 Å². The molecule has 0 amide bonds. The highest BCUT2D eigenvalue weighted by Gasteiger charge is 2.33. The predicted molar refractivity (Wildman–Crippen MR) is 80.4 cm³/mol. The lowest BCUT2D eigenvalue weighted by Gasteiger charge is -2.16. The molecule has 2 heterocycles. The van der Waals surface area contributed by atoms with Crippen molar-refractivity contribution in [3.8, 4) is 0 Å². The smallest absolute Gasteiger partial charge is 0.398 e. The fraction of sp³-hybridized carbons (Fsp3) is 0.286. The first kappa shape index (κ1) is 16.7. The normalized spacial score (nSPS) is 11.6. The Kier molecular flexibility index (Phi) is 4.48. The van der Waals surface area contributed by atoms with Crippen LogP contribution in [-0.2, 0) is 6.18 Å². The van der Waals surface area contributed by atoms with Gasteiger partial charge in [-0.3, -0.25) is 5.41 Å². The minimum absolute atomic E-state index is 0.00647. The molecule has 122 valence electrons. The third-order valence-corrected chi connectivity index (χ3v) is 2.87. The maximum absolute atomic E-state index is 12.8. The van der Waals surface area contributed by atoms with Crippen LogP contribution in [0.3, 0.4) is 0 Å². The minimum atomic E-state index is -4.61. The fourth-order valence-electron chi connectivity index (χ4n) is 1.90. The van der Waals surface area contributed by atoms with Gasteiger partial charge in [-0.1, -0.05) is 0 Å². The van der Waals surface area contributed by atoms with Gasteiger partial charge in [0.2, 0.25) is 0 Å². The Morgan fingerprint density at radius 2 is 1.96 bits per heavy atom. The van der Waals surface area contributed by atoms with Crippen molar-refractivity contribution in [2.24, 2.45) is 0 Å². The minimum Gasteiger partial charge on any atom is -0.398 e. The first-order valence-electron chi connectivity index (χ1n) is 6.69. The molecule has 23 heavy (non-hydrogen) atoms. The molecule has 0 aliphatic carbocycles. The molecule has 0 aliphatic rings. The zero-order chi connectivity index (χ0) is 17.2. The van der Waals surface area contributed by atoms with E-state index < -0.39 is 11.9 Å². The quantitative estimate of drug-likeness (QED) is 0.751. The standard InChI is InChI=1S/C14H15F3N6/c1-7(2)23-13-11(8(18)3-4-20-13)12(19)9-5-10(14(15,16)17)22-6-21-9/h3-7,19H,1-2H3,(H3,18,20,23). The highest BCUT2D eigenvalue weighted by atomic mass is 19.4. The van der Waals surface area contributed by atoms with E-state index in [1.165, 1.54) is 12.3 Å². The molecule has 2 aromatic rings. The molecule has 9 heteroatoms. The van der Waals surface area contributed by atoms with Gasteiger partial charge in [-0.15, -0.1) is 0 Å². The average molecular weight is 324 g/mol. The van der Waals surface area contributed by atoms with Gasteiger partial charge in [-0.25, -0.2) is 15.0 Å². The average Bonchev–Trinajstić information content (AvgIpc) is 2.45. The summed E-state index contributed by atoms with van der Waals surface area (Å²) in [7, 11) is 0. The van der Waals surface area contributed by atoms with Gasteiger partial charge in [0.1, 0.15) is 17.8 Å². The van der Waals surface area contributed by atoms with Gasteiger partial charge in [0, 0.05) is 17.9 Å². The molecular formula is C14H15F3N6. The van der Waals surface area contributed by atoms with Crippen LogP contribution in [0.25, 0.3) is 0 Å². The Labute approximate surface area is 130 Å². The van der Waals surface area contributed by atoms with Gasteiger partial charge in [0.25, 0.3) is 0 Å². The first-order valence-corrected chi connectivity index (χ1v) is 6.69. The maximum Gasteiger partial charge on any atom is 0.433 e. The van der Waals surface area contributed by atoms with Crippen molar-refractivity contribution in [2.75, 3.05) is 11.1 Å². The largest absolute Gasteiger partial charge is 0.433 e. The van der Waals surface area contributed by atoms with Gasteiger partial charge < -0.3 is 11.1 Å². The number of hydrogen-bond donors (Lipinski definition) is 3. The Hall–Kier alpha value is -2.71. The number of nitrogen functional groups attached to an aromatic ring is 1. The highest BCUT2D eigenvalue weighted by Crippen LogP contribution is 2.29. The Bertz CT molecular complexity index is 727. The molecular weight excluding hydrogens is 309 g/mol. The third kappa shape index (κ3) is 3.74. The summed E-state index contributed by atoms with van der Waals surface area (Å²) < 4.78 is 38.3. The molecule has 2 rings (SSSR count). The number of nitrogens with two attached hydrogens (primary N) is 1. The molecule has 4 N–H and O–H groups in total. The van der Waals surface area contributed by atoms with Crippen molar-refractivity contribution < 1.29 is 13.2 Å². The number of aromatic nitrogens is 3. The van der Waals surface area contributed by atoms with Gasteiger partial charge >= 0.3 is 6.18 Å². The molecule has 0 aliphatic heterocycles. The molecule has 0 saturated heterocycles. The van der Waals surface area contributed by atoms with Crippen LogP contribution in [0.1, 0.15) is 30.8 Å². The van der Waals surface area contributed by atoms with Crippen LogP contribution in [0.4, 0.5) is 24.7 Å². The first-order chi connectivity index (χ1) is 10.7. The zero-order valence-electron chi connectivity index (χ0n) is 12.4.